The first-order chi connectivity index (χ1) is 10.1. The number of para-hydroxylation sites is 1. The molecule has 108 valence electrons. The van der Waals surface area contributed by atoms with Gasteiger partial charge in [-0.15, -0.1) is 11.3 Å². The lowest BCUT2D eigenvalue weighted by Crippen LogP contribution is -2.35. The molecule has 7 heteroatoms. The molecule has 0 spiro atoms. The Kier molecular flexibility index (Phi) is 3.34. The Morgan fingerprint density at radius 3 is 2.76 bits per heavy atom. The van der Waals surface area contributed by atoms with E-state index in [1.807, 2.05) is 24.4 Å². The van der Waals surface area contributed by atoms with Crippen LogP contribution in [0.15, 0.2) is 39.2 Å². The monoisotopic (exact) mass is 302 g/mol. The average molecular weight is 302 g/mol. The van der Waals surface area contributed by atoms with E-state index in [9.17, 15) is 9.59 Å². The summed E-state index contributed by atoms with van der Waals surface area (Å²) >= 11 is 1.48. The van der Waals surface area contributed by atoms with E-state index in [1.165, 1.54) is 15.9 Å². The molecule has 0 amide bonds. The van der Waals surface area contributed by atoms with Crippen molar-refractivity contribution in [2.75, 3.05) is 19.0 Å². The molecular formula is C14H14N4O2S. The normalized spacial score (nSPS) is 11.0. The molecule has 0 fully saturated rings. The molecule has 0 saturated carbocycles. The van der Waals surface area contributed by atoms with Crippen LogP contribution in [0.1, 0.15) is 5.69 Å². The van der Waals surface area contributed by atoms with Crippen molar-refractivity contribution in [1.29, 1.82) is 0 Å². The summed E-state index contributed by atoms with van der Waals surface area (Å²) < 4.78 is 1.18. The molecule has 0 unspecified atom stereocenters. The lowest BCUT2D eigenvalue weighted by Gasteiger charge is -2.06. The fourth-order valence-electron chi connectivity index (χ4n) is 2.08. The summed E-state index contributed by atoms with van der Waals surface area (Å²) in [4.78, 5) is 33.5. The minimum Gasteiger partial charge on any atom is -0.354 e. The Bertz CT molecular complexity index is 907. The smallest absolute Gasteiger partial charge is 0.329 e. The van der Waals surface area contributed by atoms with Gasteiger partial charge in [-0.25, -0.2) is 9.78 Å². The highest BCUT2D eigenvalue weighted by molar-refractivity contribution is 7.13. The van der Waals surface area contributed by atoms with E-state index in [2.05, 4.69) is 9.97 Å². The van der Waals surface area contributed by atoms with Crippen LogP contribution in [-0.4, -0.2) is 28.6 Å². The SMILES string of the molecule is CN(C)c1nc(Cn2c(=O)[nH]c3ccccc3c2=O)cs1. The van der Waals surface area contributed by atoms with Gasteiger partial charge in [0, 0.05) is 19.5 Å². The Labute approximate surface area is 124 Å². The third kappa shape index (κ3) is 2.47. The number of aromatic amines is 1. The van der Waals surface area contributed by atoms with Crippen molar-refractivity contribution in [1.82, 2.24) is 14.5 Å². The highest BCUT2D eigenvalue weighted by Gasteiger charge is 2.10. The lowest BCUT2D eigenvalue weighted by atomic mass is 10.2. The van der Waals surface area contributed by atoms with Crippen molar-refractivity contribution >= 4 is 27.4 Å². The molecule has 3 aromatic rings. The average Bonchev–Trinajstić information content (AvgIpc) is 2.92. The second-order valence-corrected chi connectivity index (χ2v) is 5.72. The minimum absolute atomic E-state index is 0.170. The zero-order chi connectivity index (χ0) is 15.0. The second-order valence-electron chi connectivity index (χ2n) is 4.88. The summed E-state index contributed by atoms with van der Waals surface area (Å²) in [6.45, 7) is 0.170. The van der Waals surface area contributed by atoms with Gasteiger partial charge in [0.15, 0.2) is 5.13 Å². The molecule has 1 N–H and O–H groups in total. The summed E-state index contributed by atoms with van der Waals surface area (Å²) in [7, 11) is 3.80. The first-order valence-corrected chi connectivity index (χ1v) is 7.28. The summed E-state index contributed by atoms with van der Waals surface area (Å²) in [5, 5.41) is 3.20. The Morgan fingerprint density at radius 2 is 2.05 bits per heavy atom. The van der Waals surface area contributed by atoms with Gasteiger partial charge in [-0.3, -0.25) is 9.36 Å². The largest absolute Gasteiger partial charge is 0.354 e. The van der Waals surface area contributed by atoms with Crippen LogP contribution in [0.25, 0.3) is 10.9 Å². The molecule has 21 heavy (non-hydrogen) atoms. The van der Waals surface area contributed by atoms with Gasteiger partial charge in [0.25, 0.3) is 5.56 Å². The zero-order valence-corrected chi connectivity index (χ0v) is 12.5. The van der Waals surface area contributed by atoms with Crippen LogP contribution in [0.5, 0.6) is 0 Å². The number of aromatic nitrogens is 3. The number of fused-ring (bicyclic) bond motifs is 1. The van der Waals surface area contributed by atoms with Crippen molar-refractivity contribution in [2.45, 2.75) is 6.54 Å². The van der Waals surface area contributed by atoms with Crippen LogP contribution < -0.4 is 16.1 Å². The number of nitrogens with one attached hydrogen (secondary N) is 1. The predicted octanol–water partition coefficient (Wildman–Crippen LogP) is 1.26. The van der Waals surface area contributed by atoms with Crippen molar-refractivity contribution in [2.24, 2.45) is 0 Å². The fourth-order valence-corrected chi connectivity index (χ4v) is 2.83. The zero-order valence-electron chi connectivity index (χ0n) is 11.7. The fraction of sp³-hybridized carbons (Fsp3) is 0.214. The van der Waals surface area contributed by atoms with Gasteiger partial charge in [0.1, 0.15) is 0 Å². The number of hydrogen-bond donors (Lipinski definition) is 1. The van der Waals surface area contributed by atoms with Gasteiger partial charge < -0.3 is 9.88 Å². The van der Waals surface area contributed by atoms with E-state index in [-0.39, 0.29) is 12.1 Å². The number of anilines is 1. The first kappa shape index (κ1) is 13.6. The molecule has 0 radical (unpaired) electrons. The molecular weight excluding hydrogens is 288 g/mol. The van der Waals surface area contributed by atoms with Crippen LogP contribution in [0.3, 0.4) is 0 Å². The number of H-pyrrole nitrogens is 1. The topological polar surface area (TPSA) is 71.0 Å². The molecule has 0 bridgehead atoms. The van der Waals surface area contributed by atoms with Crippen molar-refractivity contribution in [3.8, 4) is 0 Å². The Morgan fingerprint density at radius 1 is 1.29 bits per heavy atom. The van der Waals surface area contributed by atoms with Crippen LogP contribution >= 0.6 is 11.3 Å². The molecule has 0 aliphatic carbocycles. The summed E-state index contributed by atoms with van der Waals surface area (Å²) in [5.41, 5.74) is 0.537. The quantitative estimate of drug-likeness (QED) is 0.790. The lowest BCUT2D eigenvalue weighted by molar-refractivity contribution is 0.699. The van der Waals surface area contributed by atoms with Crippen molar-refractivity contribution in [3.05, 3.63) is 56.2 Å². The number of thiazole rings is 1. The molecule has 2 heterocycles. The number of hydrogen-bond acceptors (Lipinski definition) is 5. The maximum absolute atomic E-state index is 12.4. The van der Waals surface area contributed by atoms with Crippen LogP contribution in [0.4, 0.5) is 5.13 Å². The number of rotatable bonds is 3. The van der Waals surface area contributed by atoms with Crippen molar-refractivity contribution in [3.63, 3.8) is 0 Å². The Balaban J connectivity index is 2.08. The summed E-state index contributed by atoms with van der Waals surface area (Å²) in [6.07, 6.45) is 0. The van der Waals surface area contributed by atoms with Crippen LogP contribution in [-0.2, 0) is 6.54 Å². The van der Waals surface area contributed by atoms with Crippen LogP contribution in [0, 0.1) is 0 Å². The van der Waals surface area contributed by atoms with Gasteiger partial charge in [0.2, 0.25) is 0 Å². The molecule has 1 aromatic carbocycles. The standard InChI is InChI=1S/C14H14N4O2S/c1-17(2)14-15-9(8-21-14)7-18-12(19)10-5-3-4-6-11(10)16-13(18)20/h3-6,8H,7H2,1-2H3,(H,16,20). The van der Waals surface area contributed by atoms with Gasteiger partial charge in [-0.05, 0) is 12.1 Å². The molecule has 0 atom stereocenters. The van der Waals surface area contributed by atoms with E-state index in [0.29, 0.717) is 16.6 Å². The highest BCUT2D eigenvalue weighted by atomic mass is 32.1. The first-order valence-electron chi connectivity index (χ1n) is 6.40. The molecule has 0 aliphatic rings. The maximum Gasteiger partial charge on any atom is 0.329 e. The van der Waals surface area contributed by atoms with Gasteiger partial charge in [-0.2, -0.15) is 0 Å². The Hall–Kier alpha value is -2.41. The van der Waals surface area contributed by atoms with E-state index in [4.69, 9.17) is 0 Å². The second kappa shape index (κ2) is 5.17. The summed E-state index contributed by atoms with van der Waals surface area (Å²) in [5.74, 6) is 0. The maximum atomic E-state index is 12.4. The van der Waals surface area contributed by atoms with E-state index < -0.39 is 5.69 Å². The third-order valence-corrected chi connectivity index (χ3v) is 4.19. The van der Waals surface area contributed by atoms with E-state index in [0.717, 1.165) is 5.13 Å². The van der Waals surface area contributed by atoms with Crippen LogP contribution in [0.2, 0.25) is 0 Å². The third-order valence-electron chi connectivity index (χ3n) is 3.13. The summed E-state index contributed by atoms with van der Waals surface area (Å²) in [6, 6.07) is 6.98. The minimum atomic E-state index is -0.418. The van der Waals surface area contributed by atoms with Gasteiger partial charge >= 0.3 is 5.69 Å². The number of benzene rings is 1. The van der Waals surface area contributed by atoms with Gasteiger partial charge in [-0.1, -0.05) is 12.1 Å². The van der Waals surface area contributed by atoms with E-state index in [1.54, 1.807) is 24.3 Å². The van der Waals surface area contributed by atoms with Crippen molar-refractivity contribution < 1.29 is 0 Å². The predicted molar refractivity (Wildman–Crippen MR) is 84.4 cm³/mol. The highest BCUT2D eigenvalue weighted by Crippen LogP contribution is 2.18. The molecule has 0 aliphatic heterocycles. The molecule has 0 saturated heterocycles. The molecule has 3 rings (SSSR count). The molecule has 6 nitrogen and oxygen atoms in total. The number of nitrogens with zero attached hydrogens (tertiary/aromatic N) is 3. The van der Waals surface area contributed by atoms with E-state index >= 15 is 0 Å². The molecule has 2 aromatic heterocycles. The van der Waals surface area contributed by atoms with Gasteiger partial charge in [0.05, 0.1) is 23.1 Å².